The lowest BCUT2D eigenvalue weighted by atomic mass is 9.99. The fourth-order valence-electron chi connectivity index (χ4n) is 2.68. The van der Waals surface area contributed by atoms with Crippen molar-refractivity contribution in [3.8, 4) is 17.2 Å². The number of hydrogen-bond donors (Lipinski definition) is 5. The smallest absolute Gasteiger partial charge is 0.311 e. The van der Waals surface area contributed by atoms with Crippen molar-refractivity contribution in [3.05, 3.63) is 17.7 Å². The van der Waals surface area contributed by atoms with Crippen LogP contribution in [0.3, 0.4) is 0 Å². The lowest BCUT2D eigenvalue weighted by Crippen LogP contribution is -2.60. The van der Waals surface area contributed by atoms with E-state index in [0.717, 1.165) is 0 Å². The van der Waals surface area contributed by atoms with Crippen molar-refractivity contribution >= 4 is 5.97 Å². The zero-order chi connectivity index (χ0) is 17.4. The summed E-state index contributed by atoms with van der Waals surface area (Å²) in [7, 11) is 0. The van der Waals surface area contributed by atoms with Crippen LogP contribution in [-0.2, 0) is 16.0 Å². The van der Waals surface area contributed by atoms with E-state index in [1.54, 1.807) is 0 Å². The van der Waals surface area contributed by atoms with Crippen molar-refractivity contribution in [2.75, 3.05) is 6.61 Å². The van der Waals surface area contributed by atoms with Gasteiger partial charge in [-0.3, -0.25) is 4.79 Å². The van der Waals surface area contributed by atoms with Crippen molar-refractivity contribution in [1.82, 2.24) is 0 Å². The average Bonchev–Trinajstić information content (AvgIpc) is 2.56. The Hall–Kier alpha value is -1.91. The molecule has 0 aliphatic carbocycles. The van der Waals surface area contributed by atoms with Crippen LogP contribution in [0.5, 0.6) is 17.2 Å². The molecule has 24 heavy (non-hydrogen) atoms. The molecule has 2 aliphatic heterocycles. The lowest BCUT2D eigenvalue weighted by molar-refractivity contribution is -0.277. The van der Waals surface area contributed by atoms with Gasteiger partial charge < -0.3 is 39.7 Å². The summed E-state index contributed by atoms with van der Waals surface area (Å²) >= 11 is 0. The molecule has 1 saturated heterocycles. The predicted molar refractivity (Wildman–Crippen MR) is 76.5 cm³/mol. The molecule has 0 spiro atoms. The number of benzene rings is 1. The summed E-state index contributed by atoms with van der Waals surface area (Å²) in [6.45, 7) is -0.586. The second-order valence-corrected chi connectivity index (χ2v) is 5.72. The number of fused-ring (bicyclic) bond motifs is 1. The van der Waals surface area contributed by atoms with Crippen LogP contribution >= 0.6 is 0 Å². The number of carbonyl (C=O) groups excluding carboxylic acids is 1. The highest BCUT2D eigenvalue weighted by Crippen LogP contribution is 2.38. The van der Waals surface area contributed by atoms with Gasteiger partial charge in [-0.05, 0) is 18.1 Å². The third-order valence-corrected chi connectivity index (χ3v) is 4.06. The van der Waals surface area contributed by atoms with Crippen molar-refractivity contribution in [2.45, 2.75) is 43.5 Å². The number of aromatic hydroxyl groups is 1. The Morgan fingerprint density at radius 2 is 1.88 bits per heavy atom. The number of aliphatic hydroxyl groups is 4. The highest BCUT2D eigenvalue weighted by atomic mass is 16.7. The van der Waals surface area contributed by atoms with Gasteiger partial charge >= 0.3 is 5.97 Å². The minimum atomic E-state index is -1.59. The largest absolute Gasteiger partial charge is 0.504 e. The third kappa shape index (κ3) is 3.04. The third-order valence-electron chi connectivity index (χ3n) is 4.06. The van der Waals surface area contributed by atoms with E-state index in [1.807, 2.05) is 0 Å². The Morgan fingerprint density at radius 1 is 1.12 bits per heavy atom. The van der Waals surface area contributed by atoms with Gasteiger partial charge in [0.25, 0.3) is 0 Å². The van der Waals surface area contributed by atoms with Crippen LogP contribution in [0.2, 0.25) is 0 Å². The van der Waals surface area contributed by atoms with Gasteiger partial charge in [0.05, 0.1) is 13.0 Å². The normalized spacial score (nSPS) is 32.8. The number of aliphatic hydroxyl groups excluding tert-OH is 4. The van der Waals surface area contributed by atoms with E-state index in [0.29, 0.717) is 12.0 Å². The predicted octanol–water partition coefficient (Wildman–Crippen LogP) is -1.58. The Morgan fingerprint density at radius 3 is 2.58 bits per heavy atom. The minimum Gasteiger partial charge on any atom is -0.504 e. The van der Waals surface area contributed by atoms with Gasteiger partial charge in [-0.15, -0.1) is 0 Å². The second-order valence-electron chi connectivity index (χ2n) is 5.72. The van der Waals surface area contributed by atoms with E-state index in [9.17, 15) is 25.2 Å². The quantitative estimate of drug-likeness (QED) is 0.324. The van der Waals surface area contributed by atoms with Crippen LogP contribution in [0.4, 0.5) is 0 Å². The Balaban J connectivity index is 1.81. The molecule has 5 unspecified atom stereocenters. The van der Waals surface area contributed by atoms with E-state index >= 15 is 0 Å². The fourth-order valence-corrected chi connectivity index (χ4v) is 2.68. The second kappa shape index (κ2) is 6.54. The monoisotopic (exact) mass is 342 g/mol. The summed E-state index contributed by atoms with van der Waals surface area (Å²) in [5.41, 5.74) is 0.631. The van der Waals surface area contributed by atoms with E-state index in [4.69, 9.17) is 19.3 Å². The lowest BCUT2D eigenvalue weighted by Gasteiger charge is -2.39. The van der Waals surface area contributed by atoms with E-state index in [1.165, 1.54) is 12.1 Å². The van der Waals surface area contributed by atoms with Crippen molar-refractivity contribution in [2.24, 2.45) is 0 Å². The van der Waals surface area contributed by atoms with Gasteiger partial charge in [-0.1, -0.05) is 0 Å². The molecule has 3 rings (SSSR count). The average molecular weight is 342 g/mol. The van der Waals surface area contributed by atoms with E-state index in [2.05, 4.69) is 0 Å². The first kappa shape index (κ1) is 16.9. The van der Waals surface area contributed by atoms with Gasteiger partial charge in [0.15, 0.2) is 11.5 Å². The first-order valence-corrected chi connectivity index (χ1v) is 7.44. The summed E-state index contributed by atoms with van der Waals surface area (Å²) in [6, 6.07) is 2.66. The van der Waals surface area contributed by atoms with Gasteiger partial charge in [-0.25, -0.2) is 0 Å². The molecule has 1 aromatic rings. The van der Waals surface area contributed by atoms with Gasteiger partial charge in [0.2, 0.25) is 6.29 Å². The van der Waals surface area contributed by atoms with Gasteiger partial charge in [-0.2, -0.15) is 0 Å². The number of esters is 1. The molecule has 5 atom stereocenters. The summed E-state index contributed by atoms with van der Waals surface area (Å²) < 4.78 is 15.6. The minimum absolute atomic E-state index is 0.0453. The number of rotatable bonds is 3. The maximum absolute atomic E-state index is 11.3. The first-order valence-electron chi connectivity index (χ1n) is 7.44. The van der Waals surface area contributed by atoms with Crippen LogP contribution in [0.15, 0.2) is 12.1 Å². The summed E-state index contributed by atoms with van der Waals surface area (Å²) in [5, 5.41) is 48.6. The number of aryl methyl sites for hydroxylation is 1. The van der Waals surface area contributed by atoms with E-state index < -0.39 is 43.3 Å². The maximum Gasteiger partial charge on any atom is 0.311 e. The van der Waals surface area contributed by atoms with Crippen molar-refractivity contribution < 1.29 is 44.5 Å². The number of carbonyl (C=O) groups is 1. The molecule has 5 N–H and O–H groups in total. The highest BCUT2D eigenvalue weighted by molar-refractivity contribution is 5.76. The molecule has 0 radical (unpaired) electrons. The van der Waals surface area contributed by atoms with Gasteiger partial charge in [0, 0.05) is 6.07 Å². The summed E-state index contributed by atoms with van der Waals surface area (Å²) in [4.78, 5) is 11.3. The Labute approximate surface area is 136 Å². The molecule has 0 saturated carbocycles. The number of phenols is 1. The zero-order valence-corrected chi connectivity index (χ0v) is 12.5. The fraction of sp³-hybridized carbons (Fsp3) is 0.533. The van der Waals surface area contributed by atoms with Crippen LogP contribution in [0, 0.1) is 0 Å². The Kier molecular flexibility index (Phi) is 4.61. The standard InChI is InChI=1S/C15H18O9/c16-5-10-12(19)13(20)14(21)15(24-10)23-9-3-6-1-2-11(18)22-8(6)4-7(9)17/h3-4,10,12-17,19-21H,1-2,5H2. The van der Waals surface area contributed by atoms with Crippen LogP contribution in [0.1, 0.15) is 12.0 Å². The van der Waals surface area contributed by atoms with E-state index in [-0.39, 0.29) is 23.7 Å². The number of hydrogen-bond acceptors (Lipinski definition) is 9. The highest BCUT2D eigenvalue weighted by Gasteiger charge is 2.45. The maximum atomic E-state index is 11.3. The molecule has 1 aromatic carbocycles. The van der Waals surface area contributed by atoms with Crippen LogP contribution in [-0.4, -0.2) is 68.8 Å². The van der Waals surface area contributed by atoms with Gasteiger partial charge in [0.1, 0.15) is 30.2 Å². The topological polar surface area (TPSA) is 146 Å². The molecule has 2 aliphatic rings. The van der Waals surface area contributed by atoms with Crippen LogP contribution in [0.25, 0.3) is 0 Å². The molecule has 2 heterocycles. The molecule has 9 heteroatoms. The molecule has 132 valence electrons. The number of phenolic OH excluding ortho intramolecular Hbond substituents is 1. The first-order chi connectivity index (χ1) is 11.4. The zero-order valence-electron chi connectivity index (χ0n) is 12.5. The SMILES string of the molecule is O=C1CCc2cc(OC3OC(CO)C(O)C(O)C3O)c(O)cc2O1. The molecular weight excluding hydrogens is 324 g/mol. The number of ether oxygens (including phenoxy) is 3. The summed E-state index contributed by atoms with van der Waals surface area (Å²) in [5.74, 6) is -0.564. The van der Waals surface area contributed by atoms with Crippen LogP contribution < -0.4 is 9.47 Å². The Bertz CT molecular complexity index is 630. The summed E-state index contributed by atoms with van der Waals surface area (Å²) in [6.07, 6.45) is -6.60. The molecule has 1 fully saturated rings. The molecule has 0 amide bonds. The molecule has 9 nitrogen and oxygen atoms in total. The van der Waals surface area contributed by atoms with Crippen molar-refractivity contribution in [1.29, 1.82) is 0 Å². The molecular formula is C15H18O9. The van der Waals surface area contributed by atoms with Crippen molar-refractivity contribution in [3.63, 3.8) is 0 Å². The molecule has 0 bridgehead atoms. The molecule has 0 aromatic heterocycles.